The highest BCUT2D eigenvalue weighted by Gasteiger charge is 2.13. The molecule has 1 atom stereocenters. The van der Waals surface area contributed by atoms with Gasteiger partial charge in [0.05, 0.1) is 0 Å². The lowest BCUT2D eigenvalue weighted by Crippen LogP contribution is -2.10. The fraction of sp³-hybridized carbons (Fsp3) is 0.333. The molecular formula is C3H5ClO3S. The number of hydrogen-bond acceptors (Lipinski definition) is 3. The average Bonchev–Trinajstić information content (AvgIpc) is 1.62. The summed E-state index contributed by atoms with van der Waals surface area (Å²) in [5.74, 6) is 0. The fourth-order valence-corrected chi connectivity index (χ4v) is 0.563. The van der Waals surface area contributed by atoms with Gasteiger partial charge in [-0.15, -0.1) is 0 Å². The number of halogens is 1. The first-order valence-electron chi connectivity index (χ1n) is 1.72. The monoisotopic (exact) mass is 156 g/mol. The fourth-order valence-electron chi connectivity index (χ4n) is 0.115. The van der Waals surface area contributed by atoms with Gasteiger partial charge in [0, 0.05) is 10.7 Å². The lowest BCUT2D eigenvalue weighted by atomic mass is 10.7. The zero-order chi connectivity index (χ0) is 6.78. The van der Waals surface area contributed by atoms with Crippen molar-refractivity contribution in [1.29, 1.82) is 0 Å². The van der Waals surface area contributed by atoms with Crippen LogP contribution in [0, 0.1) is 0 Å². The van der Waals surface area contributed by atoms with Crippen LogP contribution in [-0.2, 0) is 9.05 Å². The first-order chi connectivity index (χ1) is 3.48. The minimum atomic E-state index is -3.84. The highest BCUT2D eigenvalue weighted by molar-refractivity contribution is 8.14. The van der Waals surface area contributed by atoms with Crippen molar-refractivity contribution in [3.05, 3.63) is 12.7 Å². The molecule has 0 bridgehead atoms. The van der Waals surface area contributed by atoms with Gasteiger partial charge in [0.25, 0.3) is 9.05 Å². The van der Waals surface area contributed by atoms with Crippen LogP contribution in [-0.4, -0.2) is 19.0 Å². The average molecular weight is 157 g/mol. The molecule has 0 aromatic carbocycles. The van der Waals surface area contributed by atoms with E-state index in [1.165, 1.54) is 0 Å². The second kappa shape index (κ2) is 2.48. The zero-order valence-corrected chi connectivity index (χ0v) is 5.48. The molecule has 0 fully saturated rings. The molecule has 0 spiro atoms. The summed E-state index contributed by atoms with van der Waals surface area (Å²) in [6.45, 7) is 3.01. The van der Waals surface area contributed by atoms with E-state index in [4.69, 9.17) is 5.11 Å². The van der Waals surface area contributed by atoms with Crippen LogP contribution in [0.4, 0.5) is 0 Å². The van der Waals surface area contributed by atoms with Crippen molar-refractivity contribution in [2.24, 2.45) is 0 Å². The first kappa shape index (κ1) is 7.94. The minimum absolute atomic E-state index is 0.836. The van der Waals surface area contributed by atoms with Gasteiger partial charge in [0.15, 0.2) is 5.44 Å². The highest BCUT2D eigenvalue weighted by Crippen LogP contribution is 2.03. The topological polar surface area (TPSA) is 54.4 Å². The van der Waals surface area contributed by atoms with Gasteiger partial charge < -0.3 is 5.11 Å². The Kier molecular flexibility index (Phi) is 2.46. The molecular weight excluding hydrogens is 152 g/mol. The molecule has 0 heterocycles. The second-order valence-corrected chi connectivity index (χ2v) is 3.83. The Balaban J connectivity index is 4.26. The SMILES string of the molecule is C=CC(O)S(=O)(=O)Cl. The summed E-state index contributed by atoms with van der Waals surface area (Å²) >= 11 is 0. The van der Waals surface area contributed by atoms with Crippen molar-refractivity contribution in [2.75, 3.05) is 0 Å². The Labute approximate surface area is 52.0 Å². The van der Waals surface area contributed by atoms with E-state index >= 15 is 0 Å². The van der Waals surface area contributed by atoms with Crippen LogP contribution in [0.5, 0.6) is 0 Å². The maximum atomic E-state index is 10.0. The Bertz CT molecular complexity index is 171. The summed E-state index contributed by atoms with van der Waals surface area (Å²) in [5, 5.41) is 8.36. The maximum Gasteiger partial charge on any atom is 0.263 e. The molecule has 0 saturated heterocycles. The molecule has 0 amide bonds. The van der Waals surface area contributed by atoms with E-state index in [0.29, 0.717) is 0 Å². The lowest BCUT2D eigenvalue weighted by Gasteiger charge is -1.95. The quantitative estimate of drug-likeness (QED) is 0.455. The molecule has 3 nitrogen and oxygen atoms in total. The first-order valence-corrected chi connectivity index (χ1v) is 4.10. The number of hydrogen-bond donors (Lipinski definition) is 1. The number of aliphatic hydroxyl groups is 1. The van der Waals surface area contributed by atoms with Gasteiger partial charge in [-0.25, -0.2) is 8.42 Å². The van der Waals surface area contributed by atoms with Crippen LogP contribution < -0.4 is 0 Å². The lowest BCUT2D eigenvalue weighted by molar-refractivity contribution is 0.297. The molecule has 0 aromatic rings. The molecule has 0 aliphatic rings. The molecule has 0 aromatic heterocycles. The normalized spacial score (nSPS) is 15.2. The van der Waals surface area contributed by atoms with Gasteiger partial charge >= 0.3 is 0 Å². The molecule has 8 heavy (non-hydrogen) atoms. The van der Waals surface area contributed by atoms with E-state index in [0.717, 1.165) is 6.08 Å². The van der Waals surface area contributed by atoms with Crippen molar-refractivity contribution in [3.8, 4) is 0 Å². The predicted molar refractivity (Wildman–Crippen MR) is 31.0 cm³/mol. The molecule has 1 N–H and O–H groups in total. The van der Waals surface area contributed by atoms with Crippen molar-refractivity contribution >= 4 is 19.7 Å². The van der Waals surface area contributed by atoms with Crippen LogP contribution in [0.2, 0.25) is 0 Å². The third-order valence-electron chi connectivity index (χ3n) is 0.490. The van der Waals surface area contributed by atoms with E-state index in [-0.39, 0.29) is 0 Å². The third kappa shape index (κ3) is 2.30. The van der Waals surface area contributed by atoms with Crippen LogP contribution in [0.15, 0.2) is 12.7 Å². The van der Waals surface area contributed by atoms with E-state index in [2.05, 4.69) is 17.3 Å². The number of rotatable bonds is 2. The maximum absolute atomic E-state index is 10.0. The molecule has 0 saturated carbocycles. The van der Waals surface area contributed by atoms with Crippen LogP contribution >= 0.6 is 10.7 Å². The second-order valence-electron chi connectivity index (χ2n) is 1.10. The van der Waals surface area contributed by atoms with Crippen molar-refractivity contribution < 1.29 is 13.5 Å². The molecule has 1 unspecified atom stereocenters. The smallest absolute Gasteiger partial charge is 0.263 e. The Hall–Kier alpha value is -0.0600. The molecule has 0 aliphatic heterocycles. The van der Waals surface area contributed by atoms with E-state index in [1.54, 1.807) is 0 Å². The minimum Gasteiger partial charge on any atom is -0.373 e. The Morgan fingerprint density at radius 2 is 2.12 bits per heavy atom. The van der Waals surface area contributed by atoms with Crippen molar-refractivity contribution in [2.45, 2.75) is 5.44 Å². The summed E-state index contributed by atoms with van der Waals surface area (Å²) in [7, 11) is 0.792. The van der Waals surface area contributed by atoms with Crippen molar-refractivity contribution in [1.82, 2.24) is 0 Å². The van der Waals surface area contributed by atoms with Crippen LogP contribution in [0.3, 0.4) is 0 Å². The van der Waals surface area contributed by atoms with Crippen molar-refractivity contribution in [3.63, 3.8) is 0 Å². The molecule has 48 valence electrons. The van der Waals surface area contributed by atoms with E-state index in [1.807, 2.05) is 0 Å². The van der Waals surface area contributed by atoms with Gasteiger partial charge in [-0.3, -0.25) is 0 Å². The van der Waals surface area contributed by atoms with Gasteiger partial charge in [-0.2, -0.15) is 0 Å². The Morgan fingerprint density at radius 1 is 1.75 bits per heavy atom. The van der Waals surface area contributed by atoms with Gasteiger partial charge in [-0.1, -0.05) is 6.58 Å². The molecule has 0 radical (unpaired) electrons. The van der Waals surface area contributed by atoms with Gasteiger partial charge in [-0.05, 0) is 6.08 Å². The zero-order valence-electron chi connectivity index (χ0n) is 3.91. The summed E-state index contributed by atoms with van der Waals surface area (Å²) < 4.78 is 20.0. The highest BCUT2D eigenvalue weighted by atomic mass is 35.7. The van der Waals surface area contributed by atoms with E-state index in [9.17, 15) is 8.42 Å². The molecule has 0 aliphatic carbocycles. The largest absolute Gasteiger partial charge is 0.373 e. The summed E-state index contributed by atoms with van der Waals surface area (Å²) in [6, 6.07) is 0. The predicted octanol–water partition coefficient (Wildman–Crippen LogP) is 0.0594. The van der Waals surface area contributed by atoms with Crippen LogP contribution in [0.25, 0.3) is 0 Å². The third-order valence-corrected chi connectivity index (χ3v) is 1.81. The Morgan fingerprint density at radius 3 is 2.12 bits per heavy atom. The number of aliphatic hydroxyl groups excluding tert-OH is 1. The van der Waals surface area contributed by atoms with E-state index < -0.39 is 14.5 Å². The molecule has 5 heteroatoms. The van der Waals surface area contributed by atoms with Gasteiger partial charge in [0.1, 0.15) is 0 Å². The molecule has 0 rings (SSSR count). The summed E-state index contributed by atoms with van der Waals surface area (Å²) in [4.78, 5) is 0. The van der Waals surface area contributed by atoms with Gasteiger partial charge in [0.2, 0.25) is 0 Å². The van der Waals surface area contributed by atoms with Crippen LogP contribution in [0.1, 0.15) is 0 Å². The summed E-state index contributed by atoms with van der Waals surface area (Å²) in [5.41, 5.74) is -1.65. The summed E-state index contributed by atoms with van der Waals surface area (Å²) in [6.07, 6.45) is 0.836. The standard InChI is InChI=1S/C3H5ClO3S/c1-2-3(5)8(4,6)7/h2-3,5H,1H2.